The first-order valence-corrected chi connectivity index (χ1v) is 5.51. The van der Waals surface area contributed by atoms with Gasteiger partial charge < -0.3 is 10.4 Å². The van der Waals surface area contributed by atoms with Gasteiger partial charge in [-0.15, -0.1) is 0 Å². The Kier molecular flexibility index (Phi) is 4.19. The number of carbonyl (C=O) groups excluding carboxylic acids is 1. The fourth-order valence-electron chi connectivity index (χ4n) is 1.07. The van der Waals surface area contributed by atoms with Crippen molar-refractivity contribution in [3.63, 3.8) is 0 Å². The summed E-state index contributed by atoms with van der Waals surface area (Å²) in [5, 5.41) is 12.8. The molecule has 0 radical (unpaired) electrons. The third-order valence-corrected chi connectivity index (χ3v) is 2.41. The first kappa shape index (κ1) is 13.3. The van der Waals surface area contributed by atoms with E-state index in [-0.39, 0.29) is 12.5 Å². The Morgan fingerprint density at radius 3 is 2.56 bits per heavy atom. The maximum atomic E-state index is 11.7. The van der Waals surface area contributed by atoms with Crippen molar-refractivity contribution in [2.75, 3.05) is 6.54 Å². The third-order valence-electron chi connectivity index (χ3n) is 1.86. The average Bonchev–Trinajstić information content (AvgIpc) is 2.13. The summed E-state index contributed by atoms with van der Waals surface area (Å²) in [5.41, 5.74) is -0.607. The second kappa shape index (κ2) is 5.04. The van der Waals surface area contributed by atoms with Crippen LogP contribution in [0.5, 0.6) is 0 Å². The Morgan fingerprint density at radius 1 is 1.44 bits per heavy atom. The van der Waals surface area contributed by atoms with Crippen molar-refractivity contribution in [2.24, 2.45) is 0 Å². The number of carbonyl (C=O) groups is 1. The van der Waals surface area contributed by atoms with E-state index in [9.17, 15) is 9.90 Å². The molecule has 0 bridgehead atoms. The van der Waals surface area contributed by atoms with Gasteiger partial charge in [0.2, 0.25) is 0 Å². The third kappa shape index (κ3) is 4.00. The van der Waals surface area contributed by atoms with Gasteiger partial charge >= 0.3 is 0 Å². The van der Waals surface area contributed by atoms with Crippen LogP contribution in [-0.2, 0) is 0 Å². The molecule has 2 N–H and O–H groups in total. The van der Waals surface area contributed by atoms with Crippen molar-refractivity contribution in [3.8, 4) is 0 Å². The minimum Gasteiger partial charge on any atom is -0.389 e. The Hall–Kier alpha value is -0.770. The van der Waals surface area contributed by atoms with Crippen LogP contribution in [0.2, 0.25) is 10.0 Å². The predicted molar refractivity (Wildman–Crippen MR) is 65.1 cm³/mol. The molecule has 1 amide bonds. The van der Waals surface area contributed by atoms with E-state index in [1.165, 1.54) is 6.07 Å². The number of aliphatic hydroxyl groups is 1. The molecule has 1 aromatic carbocycles. The van der Waals surface area contributed by atoms with E-state index in [2.05, 4.69) is 5.32 Å². The molecule has 0 saturated heterocycles. The molecule has 16 heavy (non-hydrogen) atoms. The van der Waals surface area contributed by atoms with E-state index in [0.717, 1.165) is 0 Å². The van der Waals surface area contributed by atoms with Gasteiger partial charge in [-0.25, -0.2) is 0 Å². The SMILES string of the molecule is CC(C)(O)CNC(=O)c1ccc(Cl)cc1Cl. The van der Waals surface area contributed by atoms with Gasteiger partial charge in [-0.3, -0.25) is 4.79 Å². The molecule has 0 unspecified atom stereocenters. The van der Waals surface area contributed by atoms with Gasteiger partial charge in [0.1, 0.15) is 0 Å². The van der Waals surface area contributed by atoms with Crippen molar-refractivity contribution in [1.82, 2.24) is 5.32 Å². The summed E-state index contributed by atoms with van der Waals surface area (Å²) in [4.78, 5) is 11.7. The number of halogens is 2. The summed E-state index contributed by atoms with van der Waals surface area (Å²) in [5.74, 6) is -0.330. The van der Waals surface area contributed by atoms with E-state index in [0.29, 0.717) is 15.6 Å². The second-order valence-electron chi connectivity index (χ2n) is 4.12. The molecule has 0 spiro atoms. The van der Waals surface area contributed by atoms with E-state index < -0.39 is 5.60 Å². The van der Waals surface area contributed by atoms with E-state index >= 15 is 0 Å². The van der Waals surface area contributed by atoms with Gasteiger partial charge in [-0.1, -0.05) is 23.2 Å². The molecule has 1 aromatic rings. The van der Waals surface area contributed by atoms with Crippen LogP contribution in [0.25, 0.3) is 0 Å². The summed E-state index contributed by atoms with van der Waals surface area (Å²) in [7, 11) is 0. The fraction of sp³-hybridized carbons (Fsp3) is 0.364. The second-order valence-corrected chi connectivity index (χ2v) is 4.96. The first-order chi connectivity index (χ1) is 7.29. The molecule has 0 saturated carbocycles. The highest BCUT2D eigenvalue weighted by Crippen LogP contribution is 2.20. The first-order valence-electron chi connectivity index (χ1n) is 4.75. The topological polar surface area (TPSA) is 49.3 Å². The Bertz CT molecular complexity index is 399. The lowest BCUT2D eigenvalue weighted by molar-refractivity contribution is 0.0694. The quantitative estimate of drug-likeness (QED) is 0.879. The molecule has 1 rings (SSSR count). The summed E-state index contributed by atoms with van der Waals surface area (Å²) >= 11 is 11.6. The van der Waals surface area contributed by atoms with Crippen molar-refractivity contribution < 1.29 is 9.90 Å². The standard InChI is InChI=1S/C11H13Cl2NO2/c1-11(2,16)6-14-10(15)8-4-3-7(12)5-9(8)13/h3-5,16H,6H2,1-2H3,(H,14,15). The summed E-state index contributed by atoms with van der Waals surface area (Å²) in [6, 6.07) is 4.64. The Labute approximate surface area is 104 Å². The van der Waals surface area contributed by atoms with Crippen LogP contribution in [-0.4, -0.2) is 23.2 Å². The monoisotopic (exact) mass is 261 g/mol. The van der Waals surface area contributed by atoms with E-state index in [4.69, 9.17) is 23.2 Å². The Balaban J connectivity index is 2.74. The molecule has 0 atom stereocenters. The van der Waals surface area contributed by atoms with Gasteiger partial charge in [0.05, 0.1) is 16.2 Å². The molecule has 0 aliphatic rings. The van der Waals surface area contributed by atoms with Crippen LogP contribution < -0.4 is 5.32 Å². The highest BCUT2D eigenvalue weighted by molar-refractivity contribution is 6.36. The number of amides is 1. The zero-order chi connectivity index (χ0) is 12.3. The molecular formula is C11H13Cl2NO2. The fourth-order valence-corrected chi connectivity index (χ4v) is 1.56. The molecule has 3 nitrogen and oxygen atoms in total. The predicted octanol–water partition coefficient (Wildman–Crippen LogP) is 2.49. The van der Waals surface area contributed by atoms with Gasteiger partial charge in [0.25, 0.3) is 5.91 Å². The van der Waals surface area contributed by atoms with Crippen LogP contribution >= 0.6 is 23.2 Å². The lowest BCUT2D eigenvalue weighted by Crippen LogP contribution is -2.38. The molecule has 88 valence electrons. The maximum Gasteiger partial charge on any atom is 0.252 e. The molecule has 0 aliphatic carbocycles. The van der Waals surface area contributed by atoms with Crippen molar-refractivity contribution in [2.45, 2.75) is 19.4 Å². The normalized spacial score (nSPS) is 11.3. The molecule has 0 aromatic heterocycles. The zero-order valence-corrected chi connectivity index (χ0v) is 10.6. The lowest BCUT2D eigenvalue weighted by atomic mass is 10.1. The number of benzene rings is 1. The van der Waals surface area contributed by atoms with Crippen molar-refractivity contribution in [1.29, 1.82) is 0 Å². The van der Waals surface area contributed by atoms with Crippen LogP contribution in [0.3, 0.4) is 0 Å². The minimum absolute atomic E-state index is 0.158. The number of nitrogens with one attached hydrogen (secondary N) is 1. The highest BCUT2D eigenvalue weighted by atomic mass is 35.5. The lowest BCUT2D eigenvalue weighted by Gasteiger charge is -2.17. The number of hydrogen-bond acceptors (Lipinski definition) is 2. The molecule has 5 heteroatoms. The number of hydrogen-bond donors (Lipinski definition) is 2. The largest absolute Gasteiger partial charge is 0.389 e. The van der Waals surface area contributed by atoms with Crippen LogP contribution in [0.1, 0.15) is 24.2 Å². The summed E-state index contributed by atoms with van der Waals surface area (Å²) < 4.78 is 0. The molecular weight excluding hydrogens is 249 g/mol. The average molecular weight is 262 g/mol. The maximum absolute atomic E-state index is 11.7. The van der Waals surface area contributed by atoms with Crippen LogP contribution in [0, 0.1) is 0 Å². The summed E-state index contributed by atoms with van der Waals surface area (Å²) in [6.45, 7) is 3.37. The van der Waals surface area contributed by atoms with Crippen LogP contribution in [0.4, 0.5) is 0 Å². The number of rotatable bonds is 3. The Morgan fingerprint density at radius 2 is 2.06 bits per heavy atom. The smallest absolute Gasteiger partial charge is 0.252 e. The van der Waals surface area contributed by atoms with E-state index in [1.807, 2.05) is 0 Å². The van der Waals surface area contributed by atoms with Gasteiger partial charge in [0, 0.05) is 11.6 Å². The van der Waals surface area contributed by atoms with Gasteiger partial charge in [0.15, 0.2) is 0 Å². The van der Waals surface area contributed by atoms with Gasteiger partial charge in [-0.05, 0) is 32.0 Å². The zero-order valence-electron chi connectivity index (χ0n) is 9.05. The molecule has 0 aliphatic heterocycles. The summed E-state index contributed by atoms with van der Waals surface area (Å²) in [6.07, 6.45) is 0. The molecule has 0 heterocycles. The molecule has 0 fully saturated rings. The van der Waals surface area contributed by atoms with Crippen molar-refractivity contribution in [3.05, 3.63) is 33.8 Å². The van der Waals surface area contributed by atoms with E-state index in [1.54, 1.807) is 26.0 Å². The van der Waals surface area contributed by atoms with Gasteiger partial charge in [-0.2, -0.15) is 0 Å². The minimum atomic E-state index is -0.950. The highest BCUT2D eigenvalue weighted by Gasteiger charge is 2.16. The van der Waals surface area contributed by atoms with Crippen molar-refractivity contribution >= 4 is 29.1 Å². The van der Waals surface area contributed by atoms with Crippen LogP contribution in [0.15, 0.2) is 18.2 Å².